The Labute approximate surface area is 156 Å². The number of thioether (sulfide) groups is 1. The molecule has 25 heavy (non-hydrogen) atoms. The van der Waals surface area contributed by atoms with Crippen LogP contribution >= 0.6 is 27.7 Å². The molecule has 2 aromatic rings. The number of carbonyl (C=O) groups excluding carboxylic acids is 3. The van der Waals surface area contributed by atoms with Gasteiger partial charge in [-0.1, -0.05) is 27.7 Å². The molecule has 0 aliphatic carbocycles. The van der Waals surface area contributed by atoms with Crippen LogP contribution in [-0.4, -0.2) is 61.5 Å². The van der Waals surface area contributed by atoms with Crippen molar-refractivity contribution in [3.63, 3.8) is 0 Å². The van der Waals surface area contributed by atoms with E-state index in [-0.39, 0.29) is 28.8 Å². The van der Waals surface area contributed by atoms with Crippen molar-refractivity contribution in [2.75, 3.05) is 18.8 Å². The number of rotatable bonds is 2. The molecule has 3 heterocycles. The van der Waals surface area contributed by atoms with Crippen LogP contribution in [0.15, 0.2) is 22.7 Å². The first-order valence-electron chi connectivity index (χ1n) is 7.86. The lowest BCUT2D eigenvalue weighted by Crippen LogP contribution is -2.41. The first kappa shape index (κ1) is 16.6. The van der Waals surface area contributed by atoms with Crippen molar-refractivity contribution in [3.8, 4) is 0 Å². The number of aromatic nitrogens is 2. The van der Waals surface area contributed by atoms with Crippen LogP contribution in [0, 0.1) is 0 Å². The summed E-state index contributed by atoms with van der Waals surface area (Å²) >= 11 is 4.44. The number of halogens is 1. The Morgan fingerprint density at radius 3 is 2.88 bits per heavy atom. The van der Waals surface area contributed by atoms with E-state index in [2.05, 4.69) is 21.0 Å². The number of hydrogen-bond donors (Lipinski definition) is 0. The fraction of sp³-hybridized carbons (Fsp3) is 0.375. The highest BCUT2D eigenvalue weighted by Crippen LogP contribution is 2.28. The highest BCUT2D eigenvalue weighted by atomic mass is 79.9. The van der Waals surface area contributed by atoms with Crippen molar-refractivity contribution >= 4 is 55.6 Å². The summed E-state index contributed by atoms with van der Waals surface area (Å²) in [7, 11) is 1.75. The molecule has 1 aromatic carbocycles. The fourth-order valence-corrected chi connectivity index (χ4v) is 4.56. The van der Waals surface area contributed by atoms with Crippen molar-refractivity contribution in [2.24, 2.45) is 7.05 Å². The molecule has 7 nitrogen and oxygen atoms in total. The third-order valence-electron chi connectivity index (χ3n) is 4.60. The standard InChI is InChI=1S/C16H15BrN4O3S/c1-19-14(11-3-2-9(17)6-12(11)18-19)15(23)20-5-4-10(7-20)21-13(22)8-25-16(21)24/h2-3,6,10H,4-5,7-8H2,1H3. The second-order valence-electron chi connectivity index (χ2n) is 6.15. The van der Waals surface area contributed by atoms with Gasteiger partial charge in [0, 0.05) is 30.0 Å². The summed E-state index contributed by atoms with van der Waals surface area (Å²) in [6.45, 7) is 0.897. The van der Waals surface area contributed by atoms with E-state index in [9.17, 15) is 14.4 Å². The average molecular weight is 423 g/mol. The Morgan fingerprint density at radius 2 is 2.16 bits per heavy atom. The van der Waals surface area contributed by atoms with Gasteiger partial charge in [0.15, 0.2) is 0 Å². The van der Waals surface area contributed by atoms with Crippen LogP contribution in [0.1, 0.15) is 16.9 Å². The number of aryl methyl sites for hydroxylation is 1. The molecule has 0 radical (unpaired) electrons. The highest BCUT2D eigenvalue weighted by Gasteiger charge is 2.40. The Hall–Kier alpha value is -1.87. The smallest absolute Gasteiger partial charge is 0.289 e. The molecule has 0 N–H and O–H groups in total. The minimum absolute atomic E-state index is 0.124. The predicted octanol–water partition coefficient (Wildman–Crippen LogP) is 2.25. The summed E-state index contributed by atoms with van der Waals surface area (Å²) in [4.78, 5) is 39.8. The molecule has 2 fully saturated rings. The second kappa shape index (κ2) is 6.14. The zero-order valence-electron chi connectivity index (χ0n) is 13.4. The molecule has 2 saturated heterocycles. The number of fused-ring (bicyclic) bond motifs is 1. The van der Waals surface area contributed by atoms with Crippen LogP contribution < -0.4 is 0 Å². The van der Waals surface area contributed by atoms with Crippen LogP contribution in [0.2, 0.25) is 0 Å². The van der Waals surface area contributed by atoms with Gasteiger partial charge in [-0.15, -0.1) is 0 Å². The number of amides is 3. The molecular weight excluding hydrogens is 408 g/mol. The average Bonchev–Trinajstić information content (AvgIpc) is 3.24. The third kappa shape index (κ3) is 2.75. The summed E-state index contributed by atoms with van der Waals surface area (Å²) in [5, 5.41) is 4.99. The summed E-state index contributed by atoms with van der Waals surface area (Å²) in [6.07, 6.45) is 0.616. The largest absolute Gasteiger partial charge is 0.335 e. The quantitative estimate of drug-likeness (QED) is 0.741. The lowest BCUT2D eigenvalue weighted by atomic mass is 10.2. The van der Waals surface area contributed by atoms with Gasteiger partial charge in [0.05, 0.1) is 17.3 Å². The Kier molecular flexibility index (Phi) is 4.07. The van der Waals surface area contributed by atoms with E-state index in [1.165, 1.54) is 4.90 Å². The summed E-state index contributed by atoms with van der Waals surface area (Å²) < 4.78 is 2.50. The summed E-state index contributed by atoms with van der Waals surface area (Å²) in [5.74, 6) is -0.0865. The van der Waals surface area contributed by atoms with Gasteiger partial charge in [0.25, 0.3) is 11.1 Å². The van der Waals surface area contributed by atoms with Gasteiger partial charge < -0.3 is 4.90 Å². The topological polar surface area (TPSA) is 75.5 Å². The normalized spacial score (nSPS) is 21.0. The minimum atomic E-state index is -0.229. The first-order valence-corrected chi connectivity index (χ1v) is 9.64. The first-order chi connectivity index (χ1) is 12.0. The summed E-state index contributed by atoms with van der Waals surface area (Å²) in [5.41, 5.74) is 1.27. The third-order valence-corrected chi connectivity index (χ3v) is 5.93. The van der Waals surface area contributed by atoms with Crippen LogP contribution in [0.25, 0.3) is 10.9 Å². The molecule has 3 amide bonds. The maximum atomic E-state index is 13.0. The van der Waals surface area contributed by atoms with Crippen molar-refractivity contribution in [1.82, 2.24) is 19.6 Å². The predicted molar refractivity (Wildman–Crippen MR) is 97.4 cm³/mol. The Bertz CT molecular complexity index is 896. The lowest BCUT2D eigenvalue weighted by Gasteiger charge is -2.22. The number of imide groups is 1. The van der Waals surface area contributed by atoms with Crippen molar-refractivity contribution < 1.29 is 14.4 Å². The van der Waals surface area contributed by atoms with Gasteiger partial charge in [0.2, 0.25) is 5.91 Å². The van der Waals surface area contributed by atoms with Crippen LogP contribution in [0.3, 0.4) is 0 Å². The molecule has 0 spiro atoms. The zero-order valence-corrected chi connectivity index (χ0v) is 15.8. The van der Waals surface area contributed by atoms with Gasteiger partial charge in [-0.3, -0.25) is 24.0 Å². The number of likely N-dealkylation sites (tertiary alicyclic amines) is 1. The van der Waals surface area contributed by atoms with Crippen molar-refractivity contribution in [2.45, 2.75) is 12.5 Å². The second-order valence-corrected chi connectivity index (χ2v) is 7.99. The van der Waals surface area contributed by atoms with E-state index in [1.807, 2.05) is 18.2 Å². The highest BCUT2D eigenvalue weighted by molar-refractivity contribution is 9.10. The van der Waals surface area contributed by atoms with Gasteiger partial charge in [-0.05, 0) is 24.6 Å². The molecule has 1 aromatic heterocycles. The Morgan fingerprint density at radius 1 is 1.36 bits per heavy atom. The fourth-order valence-electron chi connectivity index (χ4n) is 3.43. The van der Waals surface area contributed by atoms with Gasteiger partial charge in [-0.25, -0.2) is 0 Å². The minimum Gasteiger partial charge on any atom is -0.335 e. The zero-order chi connectivity index (χ0) is 17.7. The lowest BCUT2D eigenvalue weighted by molar-refractivity contribution is -0.126. The summed E-state index contributed by atoms with van der Waals surface area (Å²) in [6, 6.07) is 5.40. The molecule has 130 valence electrons. The number of carbonyl (C=O) groups is 3. The molecule has 4 rings (SSSR count). The maximum Gasteiger partial charge on any atom is 0.289 e. The molecule has 0 saturated carbocycles. The van der Waals surface area contributed by atoms with E-state index in [4.69, 9.17) is 0 Å². The number of nitrogens with zero attached hydrogens (tertiary/aromatic N) is 4. The van der Waals surface area contributed by atoms with Crippen LogP contribution in [-0.2, 0) is 11.8 Å². The number of hydrogen-bond acceptors (Lipinski definition) is 5. The van der Waals surface area contributed by atoms with Gasteiger partial charge >= 0.3 is 0 Å². The molecule has 2 aliphatic heterocycles. The van der Waals surface area contributed by atoms with E-state index < -0.39 is 0 Å². The monoisotopic (exact) mass is 422 g/mol. The van der Waals surface area contributed by atoms with Gasteiger partial charge in [0.1, 0.15) is 5.69 Å². The molecule has 9 heteroatoms. The van der Waals surface area contributed by atoms with Gasteiger partial charge in [-0.2, -0.15) is 5.10 Å². The molecule has 0 bridgehead atoms. The van der Waals surface area contributed by atoms with Crippen molar-refractivity contribution in [1.29, 1.82) is 0 Å². The van der Waals surface area contributed by atoms with E-state index in [0.29, 0.717) is 25.2 Å². The molecule has 1 atom stereocenters. The Balaban J connectivity index is 1.59. The molecule has 2 aliphatic rings. The number of benzene rings is 1. The van der Waals surface area contributed by atoms with Crippen LogP contribution in [0.4, 0.5) is 4.79 Å². The molecular formula is C16H15BrN4O3S. The van der Waals surface area contributed by atoms with E-state index in [0.717, 1.165) is 27.1 Å². The maximum absolute atomic E-state index is 13.0. The molecule has 1 unspecified atom stereocenters. The van der Waals surface area contributed by atoms with E-state index in [1.54, 1.807) is 16.6 Å². The SMILES string of the molecule is Cn1nc2cc(Br)ccc2c1C(=O)N1CCC(N2C(=O)CSC2=O)C1. The van der Waals surface area contributed by atoms with Crippen molar-refractivity contribution in [3.05, 3.63) is 28.4 Å². The van der Waals surface area contributed by atoms with Crippen LogP contribution in [0.5, 0.6) is 0 Å². The van der Waals surface area contributed by atoms with E-state index >= 15 is 0 Å².